The first kappa shape index (κ1) is 19.5. The fourth-order valence-electron chi connectivity index (χ4n) is 3.68. The number of rotatable bonds is 3. The van der Waals surface area contributed by atoms with Crippen molar-refractivity contribution in [3.63, 3.8) is 0 Å². The normalized spacial score (nSPS) is 14.8. The molecule has 0 atom stereocenters. The van der Waals surface area contributed by atoms with Gasteiger partial charge in [-0.15, -0.1) is 0 Å². The van der Waals surface area contributed by atoms with Gasteiger partial charge in [-0.1, -0.05) is 18.2 Å². The highest BCUT2D eigenvalue weighted by Crippen LogP contribution is 2.24. The van der Waals surface area contributed by atoms with Crippen molar-refractivity contribution in [2.24, 2.45) is 5.92 Å². The first-order valence-electron chi connectivity index (χ1n) is 9.59. The molecule has 0 bridgehead atoms. The summed E-state index contributed by atoms with van der Waals surface area (Å²) in [5, 5.41) is 3.73. The highest BCUT2D eigenvalue weighted by atomic mass is 79.9. The molecule has 0 saturated carbocycles. The van der Waals surface area contributed by atoms with Gasteiger partial charge in [-0.25, -0.2) is 4.98 Å². The van der Waals surface area contributed by atoms with Crippen molar-refractivity contribution in [1.29, 1.82) is 0 Å². The number of hydrogen-bond acceptors (Lipinski definition) is 4. The first-order chi connectivity index (χ1) is 14.0. The van der Waals surface area contributed by atoms with Crippen molar-refractivity contribution in [2.45, 2.75) is 19.8 Å². The summed E-state index contributed by atoms with van der Waals surface area (Å²) in [5.74, 6) is 0.369. The smallest absolute Gasteiger partial charge is 0.254 e. The van der Waals surface area contributed by atoms with Gasteiger partial charge in [0.25, 0.3) is 5.91 Å². The van der Waals surface area contributed by atoms with E-state index in [-0.39, 0.29) is 17.7 Å². The largest absolute Gasteiger partial charge is 0.339 e. The third-order valence-corrected chi connectivity index (χ3v) is 5.68. The second-order valence-electron chi connectivity index (χ2n) is 7.25. The van der Waals surface area contributed by atoms with Gasteiger partial charge in [-0.2, -0.15) is 0 Å². The van der Waals surface area contributed by atoms with Crippen LogP contribution in [0.2, 0.25) is 0 Å². The number of nitrogens with one attached hydrogen (secondary N) is 1. The summed E-state index contributed by atoms with van der Waals surface area (Å²) < 4.78 is 0.862. The van der Waals surface area contributed by atoms with E-state index in [2.05, 4.69) is 31.2 Å². The molecule has 6 nitrogen and oxygen atoms in total. The second kappa shape index (κ2) is 8.29. The predicted octanol–water partition coefficient (Wildman–Crippen LogP) is 4.19. The highest BCUT2D eigenvalue weighted by Gasteiger charge is 2.28. The van der Waals surface area contributed by atoms with Crippen molar-refractivity contribution in [3.8, 4) is 0 Å². The SMILES string of the molecule is Cc1cc(C(=O)N2CCC(C(=O)Nc3ccc(Br)cn3)CC2)c2ccccc2n1. The molecule has 2 aromatic heterocycles. The van der Waals surface area contributed by atoms with Crippen molar-refractivity contribution in [2.75, 3.05) is 18.4 Å². The third-order valence-electron chi connectivity index (χ3n) is 5.21. The molecule has 1 aromatic carbocycles. The Hall–Kier alpha value is -2.80. The number of aryl methyl sites for hydroxylation is 1. The number of anilines is 1. The summed E-state index contributed by atoms with van der Waals surface area (Å²) >= 11 is 3.33. The molecule has 0 aliphatic carbocycles. The molecule has 1 aliphatic heterocycles. The number of piperidine rings is 1. The predicted molar refractivity (Wildman–Crippen MR) is 116 cm³/mol. The van der Waals surface area contributed by atoms with E-state index < -0.39 is 0 Å². The van der Waals surface area contributed by atoms with Crippen molar-refractivity contribution < 1.29 is 9.59 Å². The van der Waals surface area contributed by atoms with E-state index in [9.17, 15) is 9.59 Å². The van der Waals surface area contributed by atoms with Crippen LogP contribution in [0.4, 0.5) is 5.82 Å². The van der Waals surface area contributed by atoms with Crippen LogP contribution < -0.4 is 5.32 Å². The van der Waals surface area contributed by atoms with Crippen LogP contribution in [0, 0.1) is 12.8 Å². The minimum Gasteiger partial charge on any atom is -0.339 e. The van der Waals surface area contributed by atoms with Crippen LogP contribution in [-0.4, -0.2) is 39.8 Å². The number of carbonyl (C=O) groups excluding carboxylic acids is 2. The molecular formula is C22H21BrN4O2. The Kier molecular flexibility index (Phi) is 5.58. The zero-order valence-corrected chi connectivity index (χ0v) is 17.6. The number of benzene rings is 1. The number of fused-ring (bicyclic) bond motifs is 1. The summed E-state index contributed by atoms with van der Waals surface area (Å²) in [6.07, 6.45) is 2.92. The molecule has 3 heterocycles. The average Bonchev–Trinajstić information content (AvgIpc) is 2.74. The lowest BCUT2D eigenvalue weighted by Gasteiger charge is -2.31. The topological polar surface area (TPSA) is 75.2 Å². The maximum atomic E-state index is 13.1. The number of pyridine rings is 2. The van der Waals surface area contributed by atoms with E-state index in [0.29, 0.717) is 37.3 Å². The molecule has 0 spiro atoms. The van der Waals surface area contributed by atoms with E-state index in [0.717, 1.165) is 21.1 Å². The fourth-order valence-corrected chi connectivity index (χ4v) is 3.91. The summed E-state index contributed by atoms with van der Waals surface area (Å²) in [6.45, 7) is 3.01. The lowest BCUT2D eigenvalue weighted by molar-refractivity contribution is -0.121. The Morgan fingerprint density at radius 2 is 1.90 bits per heavy atom. The molecule has 0 radical (unpaired) electrons. The van der Waals surface area contributed by atoms with Crippen LogP contribution in [0.5, 0.6) is 0 Å². The van der Waals surface area contributed by atoms with Gasteiger partial charge in [0.15, 0.2) is 0 Å². The van der Waals surface area contributed by atoms with Gasteiger partial charge in [-0.05, 0) is 60.0 Å². The Bertz CT molecular complexity index is 1060. The lowest BCUT2D eigenvalue weighted by atomic mass is 9.95. The molecule has 148 valence electrons. The number of aromatic nitrogens is 2. The fraction of sp³-hybridized carbons (Fsp3) is 0.273. The monoisotopic (exact) mass is 452 g/mol. The van der Waals surface area contributed by atoms with Crippen LogP contribution >= 0.6 is 15.9 Å². The Labute approximate surface area is 177 Å². The number of amides is 2. The van der Waals surface area contributed by atoms with Gasteiger partial charge in [0, 0.05) is 40.8 Å². The average molecular weight is 453 g/mol. The summed E-state index contributed by atoms with van der Waals surface area (Å²) in [6, 6.07) is 13.1. The molecule has 1 aliphatic rings. The van der Waals surface area contributed by atoms with Crippen LogP contribution in [0.1, 0.15) is 28.9 Å². The molecule has 29 heavy (non-hydrogen) atoms. The van der Waals surface area contributed by atoms with Gasteiger partial charge in [0.1, 0.15) is 5.82 Å². The van der Waals surface area contributed by atoms with Crippen LogP contribution in [0.15, 0.2) is 53.1 Å². The van der Waals surface area contributed by atoms with Gasteiger partial charge in [0.05, 0.1) is 11.1 Å². The van der Waals surface area contributed by atoms with E-state index in [1.807, 2.05) is 48.2 Å². The number of carbonyl (C=O) groups is 2. The van der Waals surface area contributed by atoms with Crippen LogP contribution in [0.25, 0.3) is 10.9 Å². The van der Waals surface area contributed by atoms with Crippen molar-refractivity contribution in [3.05, 3.63) is 64.4 Å². The lowest BCUT2D eigenvalue weighted by Crippen LogP contribution is -2.41. The minimum absolute atomic E-state index is 0.000124. The molecule has 1 N–H and O–H groups in total. The Morgan fingerprint density at radius 3 is 2.62 bits per heavy atom. The number of para-hydroxylation sites is 1. The zero-order valence-electron chi connectivity index (χ0n) is 16.1. The summed E-state index contributed by atoms with van der Waals surface area (Å²) in [5.41, 5.74) is 2.32. The van der Waals surface area contributed by atoms with E-state index in [4.69, 9.17) is 0 Å². The third kappa shape index (κ3) is 4.29. The van der Waals surface area contributed by atoms with Crippen LogP contribution in [0.3, 0.4) is 0 Å². The van der Waals surface area contributed by atoms with Crippen molar-refractivity contribution >= 4 is 44.5 Å². The summed E-state index contributed by atoms with van der Waals surface area (Å²) in [4.78, 5) is 36.2. The number of hydrogen-bond donors (Lipinski definition) is 1. The maximum Gasteiger partial charge on any atom is 0.254 e. The van der Waals surface area contributed by atoms with Gasteiger partial charge < -0.3 is 10.2 Å². The molecule has 4 rings (SSSR count). The van der Waals surface area contributed by atoms with Gasteiger partial charge in [-0.3, -0.25) is 14.6 Å². The van der Waals surface area contributed by atoms with E-state index in [1.54, 1.807) is 12.3 Å². The summed E-state index contributed by atoms with van der Waals surface area (Å²) in [7, 11) is 0. The number of likely N-dealkylation sites (tertiary alicyclic amines) is 1. The molecule has 0 unspecified atom stereocenters. The second-order valence-corrected chi connectivity index (χ2v) is 8.16. The van der Waals surface area contributed by atoms with Gasteiger partial charge in [0.2, 0.25) is 5.91 Å². The molecule has 3 aromatic rings. The Balaban J connectivity index is 1.42. The van der Waals surface area contributed by atoms with E-state index in [1.165, 1.54) is 0 Å². The molecular weight excluding hydrogens is 432 g/mol. The number of halogens is 1. The van der Waals surface area contributed by atoms with E-state index >= 15 is 0 Å². The van der Waals surface area contributed by atoms with Crippen LogP contribution in [-0.2, 0) is 4.79 Å². The molecule has 1 fully saturated rings. The maximum absolute atomic E-state index is 13.1. The molecule has 7 heteroatoms. The Morgan fingerprint density at radius 1 is 1.14 bits per heavy atom. The standard InChI is InChI=1S/C22H21BrN4O2/c1-14-12-18(17-4-2-3-5-19(17)25-14)22(29)27-10-8-15(9-11-27)21(28)26-20-7-6-16(23)13-24-20/h2-7,12-13,15H,8-11H2,1H3,(H,24,26,28). The highest BCUT2D eigenvalue weighted by molar-refractivity contribution is 9.10. The quantitative estimate of drug-likeness (QED) is 0.646. The first-order valence-corrected chi connectivity index (χ1v) is 10.4. The number of nitrogens with zero attached hydrogens (tertiary/aromatic N) is 3. The molecule has 2 amide bonds. The zero-order chi connectivity index (χ0) is 20.4. The van der Waals surface area contributed by atoms with Gasteiger partial charge >= 0.3 is 0 Å². The minimum atomic E-state index is -0.125. The molecule has 1 saturated heterocycles. The van der Waals surface area contributed by atoms with Crippen molar-refractivity contribution in [1.82, 2.24) is 14.9 Å².